The van der Waals surface area contributed by atoms with E-state index in [0.29, 0.717) is 11.2 Å². The van der Waals surface area contributed by atoms with Crippen molar-refractivity contribution in [1.29, 1.82) is 0 Å². The quantitative estimate of drug-likeness (QED) is 0.674. The van der Waals surface area contributed by atoms with Crippen molar-refractivity contribution >= 4 is 33.5 Å². The minimum absolute atomic E-state index is 0.0956. The second-order valence-corrected chi connectivity index (χ2v) is 5.64. The molecule has 3 nitrogen and oxygen atoms in total. The number of halogens is 1. The number of H-pyrrole nitrogens is 1. The molecule has 0 amide bonds. The highest BCUT2D eigenvalue weighted by Gasteiger charge is 2.07. The molecule has 3 aromatic rings. The van der Waals surface area contributed by atoms with E-state index in [1.807, 2.05) is 49.4 Å². The predicted molar refractivity (Wildman–Crippen MR) is 85.3 cm³/mol. The fraction of sp³-hybridized carbons (Fsp3) is 0.0667. The largest absolute Gasteiger partial charge is 0.306 e. The molecule has 0 saturated heterocycles. The summed E-state index contributed by atoms with van der Waals surface area (Å²) >= 11 is 2.19. The van der Waals surface area contributed by atoms with E-state index in [0.717, 1.165) is 20.2 Å². The lowest BCUT2D eigenvalue weighted by Gasteiger charge is -2.06. The van der Waals surface area contributed by atoms with Crippen LogP contribution in [0, 0.1) is 10.5 Å². The Balaban J connectivity index is 2.31. The fourth-order valence-corrected chi connectivity index (χ4v) is 2.57. The molecule has 1 aromatic heterocycles. The van der Waals surface area contributed by atoms with E-state index in [1.165, 1.54) is 0 Å². The molecule has 3 rings (SSSR count). The highest BCUT2D eigenvalue weighted by atomic mass is 127. The first-order valence-corrected chi connectivity index (χ1v) is 6.98. The summed E-state index contributed by atoms with van der Waals surface area (Å²) in [5.41, 5.74) is 2.68. The normalized spacial score (nSPS) is 10.8. The van der Waals surface area contributed by atoms with E-state index in [2.05, 4.69) is 32.6 Å². The van der Waals surface area contributed by atoms with Crippen molar-refractivity contribution in [3.63, 3.8) is 0 Å². The van der Waals surface area contributed by atoms with E-state index in [1.54, 1.807) is 0 Å². The van der Waals surface area contributed by atoms with Gasteiger partial charge in [0.15, 0.2) is 0 Å². The SMILES string of the molecule is Cc1ccccc1-c1nc2ccc([127I])cc2c(=O)[nH]1. The van der Waals surface area contributed by atoms with E-state index < -0.39 is 0 Å². The van der Waals surface area contributed by atoms with Crippen molar-refractivity contribution in [3.05, 3.63) is 62.0 Å². The Kier molecular flexibility index (Phi) is 3.10. The molecule has 0 saturated carbocycles. The second-order valence-electron chi connectivity index (χ2n) is 4.39. The smallest absolute Gasteiger partial charge is 0.259 e. The summed E-state index contributed by atoms with van der Waals surface area (Å²) in [5, 5.41) is 0.629. The average Bonchev–Trinajstić information content (AvgIpc) is 2.40. The van der Waals surface area contributed by atoms with Gasteiger partial charge >= 0.3 is 0 Å². The van der Waals surface area contributed by atoms with Gasteiger partial charge in [-0.1, -0.05) is 24.3 Å². The number of nitrogens with zero attached hydrogens (tertiary/aromatic N) is 1. The van der Waals surface area contributed by atoms with Crippen molar-refractivity contribution in [2.45, 2.75) is 6.92 Å². The van der Waals surface area contributed by atoms with Crippen LogP contribution in [0.4, 0.5) is 0 Å². The summed E-state index contributed by atoms with van der Waals surface area (Å²) < 4.78 is 1.03. The molecule has 94 valence electrons. The highest BCUT2D eigenvalue weighted by molar-refractivity contribution is 14.1. The van der Waals surface area contributed by atoms with Crippen LogP contribution in [-0.4, -0.2) is 9.97 Å². The predicted octanol–water partition coefficient (Wildman–Crippen LogP) is 3.50. The van der Waals surface area contributed by atoms with Gasteiger partial charge in [-0.15, -0.1) is 0 Å². The van der Waals surface area contributed by atoms with E-state index in [9.17, 15) is 4.79 Å². The minimum Gasteiger partial charge on any atom is -0.306 e. The molecule has 0 atom stereocenters. The maximum absolute atomic E-state index is 12.1. The standard InChI is InChI=1S/C15H11IN2O/c1-9-4-2-3-5-11(9)14-17-13-7-6-10(16)8-12(13)15(19)18-14/h2-8H,1H3,(H,17,18,19)/i16+0. The lowest BCUT2D eigenvalue weighted by molar-refractivity contribution is 1.17. The maximum atomic E-state index is 12.1. The lowest BCUT2D eigenvalue weighted by atomic mass is 10.1. The number of nitrogens with one attached hydrogen (secondary N) is 1. The number of fused-ring (bicyclic) bond motifs is 1. The molecule has 4 heteroatoms. The van der Waals surface area contributed by atoms with Gasteiger partial charge in [0.2, 0.25) is 0 Å². The third kappa shape index (κ3) is 2.28. The van der Waals surface area contributed by atoms with Crippen LogP contribution in [0.25, 0.3) is 22.3 Å². The Morgan fingerprint density at radius 1 is 1.16 bits per heavy atom. The Labute approximate surface area is 123 Å². The lowest BCUT2D eigenvalue weighted by Crippen LogP contribution is -2.10. The Morgan fingerprint density at radius 3 is 2.74 bits per heavy atom. The van der Waals surface area contributed by atoms with Crippen LogP contribution in [0.3, 0.4) is 0 Å². The molecule has 0 spiro atoms. The van der Waals surface area contributed by atoms with Crippen LogP contribution in [-0.2, 0) is 0 Å². The van der Waals surface area contributed by atoms with Crippen molar-refractivity contribution < 1.29 is 0 Å². The van der Waals surface area contributed by atoms with E-state index in [4.69, 9.17) is 0 Å². The highest BCUT2D eigenvalue weighted by Crippen LogP contribution is 2.20. The number of aromatic amines is 1. The van der Waals surface area contributed by atoms with Crippen LogP contribution >= 0.6 is 22.6 Å². The molecule has 0 aliphatic rings. The first kappa shape index (κ1) is 12.3. The summed E-state index contributed by atoms with van der Waals surface area (Å²) in [6.45, 7) is 2.01. The molecule has 0 bridgehead atoms. The number of hydrogen-bond acceptors (Lipinski definition) is 2. The topological polar surface area (TPSA) is 45.8 Å². The van der Waals surface area contributed by atoms with Gasteiger partial charge in [0, 0.05) is 9.13 Å². The van der Waals surface area contributed by atoms with Gasteiger partial charge in [-0.3, -0.25) is 4.79 Å². The molecule has 1 heterocycles. The number of aromatic nitrogens is 2. The third-order valence-electron chi connectivity index (χ3n) is 3.07. The second kappa shape index (κ2) is 4.77. The molecule has 0 aliphatic carbocycles. The van der Waals surface area contributed by atoms with Gasteiger partial charge in [-0.2, -0.15) is 0 Å². The molecule has 2 aromatic carbocycles. The van der Waals surface area contributed by atoms with Crippen LogP contribution in [0.15, 0.2) is 47.3 Å². The van der Waals surface area contributed by atoms with Gasteiger partial charge < -0.3 is 4.98 Å². The van der Waals surface area contributed by atoms with Crippen molar-refractivity contribution in [2.24, 2.45) is 0 Å². The summed E-state index contributed by atoms with van der Waals surface area (Å²) in [6, 6.07) is 13.6. The first-order valence-electron chi connectivity index (χ1n) is 5.91. The summed E-state index contributed by atoms with van der Waals surface area (Å²) in [6.07, 6.45) is 0. The number of hydrogen-bond donors (Lipinski definition) is 1. The Bertz CT molecular complexity index is 824. The van der Waals surface area contributed by atoms with Gasteiger partial charge in [-0.25, -0.2) is 4.98 Å². The molecule has 19 heavy (non-hydrogen) atoms. The summed E-state index contributed by atoms with van der Waals surface area (Å²) in [4.78, 5) is 19.6. The van der Waals surface area contributed by atoms with E-state index >= 15 is 0 Å². The zero-order chi connectivity index (χ0) is 13.4. The van der Waals surface area contributed by atoms with Gasteiger partial charge in [0.25, 0.3) is 5.56 Å². The van der Waals surface area contributed by atoms with Gasteiger partial charge in [0.1, 0.15) is 5.82 Å². The molecule has 0 aliphatic heterocycles. The number of aryl methyl sites for hydroxylation is 1. The molecule has 1 N–H and O–H groups in total. The molecule has 0 fully saturated rings. The summed E-state index contributed by atoms with van der Waals surface area (Å²) in [5.74, 6) is 0.622. The Hall–Kier alpha value is -1.69. The number of rotatable bonds is 1. The molecular formula is C15H11IN2O. The third-order valence-corrected chi connectivity index (χ3v) is 3.74. The average molecular weight is 362 g/mol. The van der Waals surface area contributed by atoms with Crippen LogP contribution in [0.5, 0.6) is 0 Å². The zero-order valence-electron chi connectivity index (χ0n) is 10.3. The van der Waals surface area contributed by atoms with Crippen LogP contribution in [0.2, 0.25) is 0 Å². The van der Waals surface area contributed by atoms with E-state index in [-0.39, 0.29) is 5.56 Å². The fourth-order valence-electron chi connectivity index (χ4n) is 2.08. The Morgan fingerprint density at radius 2 is 1.95 bits per heavy atom. The molecule has 0 unspecified atom stereocenters. The van der Waals surface area contributed by atoms with Crippen molar-refractivity contribution in [3.8, 4) is 11.4 Å². The van der Waals surface area contributed by atoms with Crippen molar-refractivity contribution in [2.75, 3.05) is 0 Å². The van der Waals surface area contributed by atoms with Crippen molar-refractivity contribution in [1.82, 2.24) is 9.97 Å². The van der Waals surface area contributed by atoms with Crippen LogP contribution < -0.4 is 5.56 Å². The molecular weight excluding hydrogens is 351 g/mol. The van der Waals surface area contributed by atoms with Gasteiger partial charge in [0.05, 0.1) is 10.9 Å². The minimum atomic E-state index is -0.0956. The maximum Gasteiger partial charge on any atom is 0.259 e. The monoisotopic (exact) mass is 362 g/mol. The zero-order valence-corrected chi connectivity index (χ0v) is 12.4. The summed E-state index contributed by atoms with van der Waals surface area (Å²) in [7, 11) is 0. The van der Waals surface area contributed by atoms with Gasteiger partial charge in [-0.05, 0) is 53.3 Å². The first-order chi connectivity index (χ1) is 9.15. The van der Waals surface area contributed by atoms with Crippen LogP contribution in [0.1, 0.15) is 5.56 Å². The molecule has 0 radical (unpaired) electrons. The number of benzene rings is 2.